The molecule has 0 spiro atoms. The second kappa shape index (κ2) is 4.28. The summed E-state index contributed by atoms with van der Waals surface area (Å²) in [5, 5.41) is 19.1. The molecule has 0 aromatic carbocycles. The van der Waals surface area contributed by atoms with Crippen molar-refractivity contribution in [3.63, 3.8) is 0 Å². The molecule has 0 amide bonds. The van der Waals surface area contributed by atoms with Gasteiger partial charge in [0.2, 0.25) is 0 Å². The molecule has 2 unspecified atom stereocenters. The minimum absolute atomic E-state index is 0.319. The van der Waals surface area contributed by atoms with Gasteiger partial charge >= 0.3 is 0 Å². The SMILES string of the molecule is OC1CC(O)CC(C2=CCCC=C2)C1. The van der Waals surface area contributed by atoms with Crippen LogP contribution >= 0.6 is 0 Å². The Labute approximate surface area is 85.0 Å². The first-order valence-electron chi connectivity index (χ1n) is 5.48. The average Bonchev–Trinajstić information content (AvgIpc) is 2.18. The summed E-state index contributed by atoms with van der Waals surface area (Å²) in [4.78, 5) is 0. The van der Waals surface area contributed by atoms with Gasteiger partial charge in [-0.25, -0.2) is 0 Å². The summed E-state index contributed by atoms with van der Waals surface area (Å²) >= 11 is 0. The van der Waals surface area contributed by atoms with Crippen molar-refractivity contribution < 1.29 is 10.2 Å². The van der Waals surface area contributed by atoms with Gasteiger partial charge in [-0.2, -0.15) is 0 Å². The zero-order chi connectivity index (χ0) is 9.97. The first-order valence-corrected chi connectivity index (χ1v) is 5.48. The van der Waals surface area contributed by atoms with Gasteiger partial charge in [0.15, 0.2) is 0 Å². The van der Waals surface area contributed by atoms with Crippen molar-refractivity contribution in [3.05, 3.63) is 23.8 Å². The summed E-state index contributed by atoms with van der Waals surface area (Å²) in [7, 11) is 0. The fourth-order valence-electron chi connectivity index (χ4n) is 2.47. The van der Waals surface area contributed by atoms with Gasteiger partial charge in [0.25, 0.3) is 0 Å². The van der Waals surface area contributed by atoms with E-state index in [-0.39, 0.29) is 12.2 Å². The number of hydrogen-bond acceptors (Lipinski definition) is 2. The largest absolute Gasteiger partial charge is 0.393 e. The zero-order valence-electron chi connectivity index (χ0n) is 8.39. The molecule has 2 atom stereocenters. The van der Waals surface area contributed by atoms with Crippen molar-refractivity contribution in [1.29, 1.82) is 0 Å². The van der Waals surface area contributed by atoms with Crippen LogP contribution in [0.25, 0.3) is 0 Å². The molecule has 78 valence electrons. The van der Waals surface area contributed by atoms with Gasteiger partial charge in [-0.15, -0.1) is 0 Å². The van der Waals surface area contributed by atoms with E-state index in [1.807, 2.05) is 0 Å². The number of aliphatic hydroxyl groups excluding tert-OH is 2. The lowest BCUT2D eigenvalue weighted by Crippen LogP contribution is -2.30. The Balaban J connectivity index is 2.02. The van der Waals surface area contributed by atoms with Gasteiger partial charge < -0.3 is 10.2 Å². The average molecular weight is 194 g/mol. The summed E-state index contributed by atoms with van der Waals surface area (Å²) in [5.41, 5.74) is 1.31. The lowest BCUT2D eigenvalue weighted by atomic mass is 9.79. The lowest BCUT2D eigenvalue weighted by molar-refractivity contribution is 0.0227. The van der Waals surface area contributed by atoms with Crippen LogP contribution in [0.15, 0.2) is 23.8 Å². The highest BCUT2D eigenvalue weighted by molar-refractivity contribution is 5.25. The van der Waals surface area contributed by atoms with E-state index in [9.17, 15) is 10.2 Å². The van der Waals surface area contributed by atoms with Crippen molar-refractivity contribution in [2.75, 3.05) is 0 Å². The van der Waals surface area contributed by atoms with Crippen molar-refractivity contribution in [3.8, 4) is 0 Å². The van der Waals surface area contributed by atoms with Crippen molar-refractivity contribution in [2.24, 2.45) is 5.92 Å². The Hall–Kier alpha value is -0.600. The second-order valence-electron chi connectivity index (χ2n) is 4.40. The Morgan fingerprint density at radius 2 is 1.71 bits per heavy atom. The maximum absolute atomic E-state index is 9.57. The molecule has 0 aliphatic heterocycles. The Morgan fingerprint density at radius 1 is 1.00 bits per heavy atom. The predicted octanol–water partition coefficient (Wildman–Crippen LogP) is 1.78. The summed E-state index contributed by atoms with van der Waals surface area (Å²) in [5.74, 6) is 0.366. The van der Waals surface area contributed by atoms with Gasteiger partial charge in [-0.1, -0.05) is 18.2 Å². The third-order valence-electron chi connectivity index (χ3n) is 3.15. The van der Waals surface area contributed by atoms with Crippen LogP contribution in [-0.4, -0.2) is 22.4 Å². The van der Waals surface area contributed by atoms with E-state index < -0.39 is 0 Å². The number of aliphatic hydroxyl groups is 2. The Bertz CT molecular complexity index is 245. The van der Waals surface area contributed by atoms with Crippen LogP contribution in [0.4, 0.5) is 0 Å². The van der Waals surface area contributed by atoms with Crippen molar-refractivity contribution in [2.45, 2.75) is 44.3 Å². The van der Waals surface area contributed by atoms with Crippen LogP contribution < -0.4 is 0 Å². The topological polar surface area (TPSA) is 40.5 Å². The fourth-order valence-corrected chi connectivity index (χ4v) is 2.47. The van der Waals surface area contributed by atoms with Crippen LogP contribution in [0.5, 0.6) is 0 Å². The van der Waals surface area contributed by atoms with E-state index in [2.05, 4.69) is 18.2 Å². The first kappa shape index (κ1) is 9.94. The Kier molecular flexibility index (Phi) is 3.04. The summed E-state index contributed by atoms with van der Waals surface area (Å²) in [6, 6.07) is 0. The molecule has 1 fully saturated rings. The molecule has 2 nitrogen and oxygen atoms in total. The molecular weight excluding hydrogens is 176 g/mol. The minimum atomic E-state index is -0.319. The monoisotopic (exact) mass is 194 g/mol. The molecular formula is C12H18O2. The molecule has 0 aromatic heterocycles. The van der Waals surface area contributed by atoms with E-state index >= 15 is 0 Å². The molecule has 0 saturated heterocycles. The molecule has 0 radical (unpaired) electrons. The predicted molar refractivity (Wildman–Crippen MR) is 55.8 cm³/mol. The number of allylic oxidation sites excluding steroid dienone is 4. The van der Waals surface area contributed by atoms with Crippen LogP contribution in [0.2, 0.25) is 0 Å². The molecule has 2 aliphatic carbocycles. The third-order valence-corrected chi connectivity index (χ3v) is 3.15. The quantitative estimate of drug-likeness (QED) is 0.668. The van der Waals surface area contributed by atoms with E-state index in [1.54, 1.807) is 0 Å². The normalized spacial score (nSPS) is 38.1. The second-order valence-corrected chi connectivity index (χ2v) is 4.40. The minimum Gasteiger partial charge on any atom is -0.393 e. The van der Waals surface area contributed by atoms with E-state index in [4.69, 9.17) is 0 Å². The maximum atomic E-state index is 9.57. The molecule has 1 saturated carbocycles. The highest BCUT2D eigenvalue weighted by atomic mass is 16.3. The standard InChI is InChI=1S/C12H18O2/c13-11-6-10(7-12(14)8-11)9-4-2-1-3-5-9/h2,4-5,10-14H,1,3,6-8H2. The van der Waals surface area contributed by atoms with E-state index in [1.165, 1.54) is 5.57 Å². The van der Waals surface area contributed by atoms with Gasteiger partial charge in [-0.05, 0) is 43.6 Å². The molecule has 2 heteroatoms. The smallest absolute Gasteiger partial charge is 0.0570 e. The third kappa shape index (κ3) is 2.25. The molecule has 2 N–H and O–H groups in total. The zero-order valence-corrected chi connectivity index (χ0v) is 8.39. The van der Waals surface area contributed by atoms with E-state index in [0.29, 0.717) is 12.3 Å². The fraction of sp³-hybridized carbons (Fsp3) is 0.667. The van der Waals surface area contributed by atoms with Crippen LogP contribution in [0.1, 0.15) is 32.1 Å². The van der Waals surface area contributed by atoms with Gasteiger partial charge in [0, 0.05) is 0 Å². The molecule has 2 rings (SSSR count). The van der Waals surface area contributed by atoms with Gasteiger partial charge in [-0.3, -0.25) is 0 Å². The lowest BCUT2D eigenvalue weighted by Gasteiger charge is -2.31. The van der Waals surface area contributed by atoms with E-state index in [0.717, 1.165) is 25.7 Å². The van der Waals surface area contributed by atoms with Crippen molar-refractivity contribution in [1.82, 2.24) is 0 Å². The Morgan fingerprint density at radius 3 is 2.29 bits per heavy atom. The summed E-state index contributed by atoms with van der Waals surface area (Å²) in [6.07, 6.45) is 10.3. The molecule has 0 aromatic rings. The van der Waals surface area contributed by atoms with Crippen LogP contribution in [0, 0.1) is 5.92 Å². The highest BCUT2D eigenvalue weighted by Gasteiger charge is 2.27. The molecule has 0 heterocycles. The summed E-state index contributed by atoms with van der Waals surface area (Å²) < 4.78 is 0. The van der Waals surface area contributed by atoms with Gasteiger partial charge in [0.05, 0.1) is 12.2 Å². The van der Waals surface area contributed by atoms with Crippen LogP contribution in [0.3, 0.4) is 0 Å². The van der Waals surface area contributed by atoms with Crippen LogP contribution in [-0.2, 0) is 0 Å². The maximum Gasteiger partial charge on any atom is 0.0570 e. The number of hydrogen-bond donors (Lipinski definition) is 2. The van der Waals surface area contributed by atoms with Crippen molar-refractivity contribution >= 4 is 0 Å². The highest BCUT2D eigenvalue weighted by Crippen LogP contribution is 2.32. The summed E-state index contributed by atoms with van der Waals surface area (Å²) in [6.45, 7) is 0. The van der Waals surface area contributed by atoms with Gasteiger partial charge in [0.1, 0.15) is 0 Å². The molecule has 2 aliphatic rings. The molecule has 14 heavy (non-hydrogen) atoms. The molecule has 0 bridgehead atoms. The first-order chi connectivity index (χ1) is 6.75. The number of rotatable bonds is 1.